The zero-order chi connectivity index (χ0) is 24.2. The minimum Gasteiger partial charge on any atom is -0.355 e. The Morgan fingerprint density at radius 1 is 0.806 bits per heavy atom. The molecule has 2 heterocycles. The van der Waals surface area contributed by atoms with Crippen molar-refractivity contribution in [3.8, 4) is 0 Å². The van der Waals surface area contributed by atoms with Gasteiger partial charge in [-0.15, -0.1) is 0 Å². The summed E-state index contributed by atoms with van der Waals surface area (Å²) in [5.41, 5.74) is 10.4. The van der Waals surface area contributed by atoms with Crippen LogP contribution in [0.15, 0.2) is 109 Å². The second-order valence-electron chi connectivity index (χ2n) is 10.6. The Morgan fingerprint density at radius 2 is 1.64 bits per heavy atom. The van der Waals surface area contributed by atoms with Crippen LogP contribution in [0.4, 0.5) is 11.4 Å². The maximum atomic E-state index is 3.55. The smallest absolute Gasteiger partial charge is 0.0630 e. The Labute approximate surface area is 212 Å². The molecule has 2 unspecified atom stereocenters. The molecule has 0 saturated carbocycles. The molecular formula is C34H30N2. The van der Waals surface area contributed by atoms with Gasteiger partial charge in [-0.05, 0) is 71.0 Å². The molecule has 2 atom stereocenters. The van der Waals surface area contributed by atoms with Gasteiger partial charge in [0.25, 0.3) is 0 Å². The molecule has 0 spiro atoms. The highest BCUT2D eigenvalue weighted by Crippen LogP contribution is 2.49. The number of aromatic amines is 1. The van der Waals surface area contributed by atoms with E-state index < -0.39 is 0 Å². The number of anilines is 2. The second-order valence-corrected chi connectivity index (χ2v) is 10.6. The number of allylic oxidation sites excluding steroid dienone is 2. The third-order valence-corrected chi connectivity index (χ3v) is 7.73. The van der Waals surface area contributed by atoms with Gasteiger partial charge in [-0.1, -0.05) is 86.7 Å². The molecule has 2 heteroatoms. The molecule has 0 bridgehead atoms. The van der Waals surface area contributed by atoms with Crippen molar-refractivity contribution in [3.63, 3.8) is 0 Å². The maximum Gasteiger partial charge on any atom is 0.0630 e. The van der Waals surface area contributed by atoms with E-state index in [4.69, 9.17) is 0 Å². The predicted molar refractivity (Wildman–Crippen MR) is 153 cm³/mol. The first-order chi connectivity index (χ1) is 17.7. The van der Waals surface area contributed by atoms with Crippen LogP contribution in [0.5, 0.6) is 0 Å². The number of nitrogens with one attached hydrogen (secondary N) is 1. The number of benzene rings is 4. The van der Waals surface area contributed by atoms with Crippen molar-refractivity contribution in [1.82, 2.24) is 4.98 Å². The molecule has 176 valence electrons. The Bertz CT molecular complexity index is 1670. The molecule has 1 N–H and O–H groups in total. The van der Waals surface area contributed by atoms with E-state index in [1.54, 1.807) is 0 Å². The quantitative estimate of drug-likeness (QED) is 0.280. The molecule has 1 aliphatic carbocycles. The number of H-pyrrole nitrogens is 1. The first-order valence-corrected chi connectivity index (χ1v) is 13.0. The highest BCUT2D eigenvalue weighted by atomic mass is 15.2. The lowest BCUT2D eigenvalue weighted by atomic mass is 9.86. The average Bonchev–Trinajstić information content (AvgIpc) is 3.43. The minimum absolute atomic E-state index is 0.289. The topological polar surface area (TPSA) is 19.0 Å². The number of fused-ring (bicyclic) bond motifs is 6. The summed E-state index contributed by atoms with van der Waals surface area (Å²) in [4.78, 5) is 6.09. The van der Waals surface area contributed by atoms with Crippen molar-refractivity contribution in [3.05, 3.63) is 126 Å². The van der Waals surface area contributed by atoms with Gasteiger partial charge >= 0.3 is 0 Å². The van der Waals surface area contributed by atoms with Crippen LogP contribution in [0.25, 0.3) is 27.4 Å². The van der Waals surface area contributed by atoms with Gasteiger partial charge in [0.1, 0.15) is 0 Å². The van der Waals surface area contributed by atoms with Crippen LogP contribution in [0.3, 0.4) is 0 Å². The number of hydrogen-bond donors (Lipinski definition) is 1. The van der Waals surface area contributed by atoms with E-state index in [0.717, 1.165) is 6.42 Å². The summed E-state index contributed by atoms with van der Waals surface area (Å²) in [7, 11) is 0. The lowest BCUT2D eigenvalue weighted by Crippen LogP contribution is -2.29. The van der Waals surface area contributed by atoms with Gasteiger partial charge in [-0.25, -0.2) is 0 Å². The molecular weight excluding hydrogens is 436 g/mol. The van der Waals surface area contributed by atoms with Crippen molar-refractivity contribution < 1.29 is 0 Å². The van der Waals surface area contributed by atoms with Crippen LogP contribution >= 0.6 is 0 Å². The fraction of sp³-hybridized carbons (Fsp3) is 0.176. The van der Waals surface area contributed by atoms with E-state index in [-0.39, 0.29) is 6.04 Å². The third-order valence-electron chi connectivity index (χ3n) is 7.73. The minimum atomic E-state index is 0.289. The lowest BCUT2D eigenvalue weighted by Gasteiger charge is -2.30. The van der Waals surface area contributed by atoms with Crippen LogP contribution in [0.2, 0.25) is 0 Å². The Hall–Kier alpha value is -4.04. The molecule has 5 aromatic rings. The molecule has 36 heavy (non-hydrogen) atoms. The van der Waals surface area contributed by atoms with Gasteiger partial charge in [-0.2, -0.15) is 0 Å². The van der Waals surface area contributed by atoms with Crippen molar-refractivity contribution in [2.24, 2.45) is 5.92 Å². The fourth-order valence-corrected chi connectivity index (χ4v) is 6.18. The molecule has 0 fully saturated rings. The van der Waals surface area contributed by atoms with Crippen LogP contribution in [-0.2, 0) is 6.42 Å². The Balaban J connectivity index is 1.30. The van der Waals surface area contributed by atoms with Crippen LogP contribution in [-0.4, -0.2) is 11.0 Å². The van der Waals surface area contributed by atoms with Gasteiger partial charge in [-0.3, -0.25) is 0 Å². The fourth-order valence-electron chi connectivity index (χ4n) is 6.18. The van der Waals surface area contributed by atoms with Crippen molar-refractivity contribution in [2.75, 3.05) is 4.90 Å². The number of hydrogen-bond acceptors (Lipinski definition) is 1. The van der Waals surface area contributed by atoms with Crippen molar-refractivity contribution in [2.45, 2.75) is 32.2 Å². The average molecular weight is 467 g/mol. The summed E-state index contributed by atoms with van der Waals surface area (Å²) in [6.45, 7) is 4.58. The summed E-state index contributed by atoms with van der Waals surface area (Å²) in [5.74, 6) is 0.974. The summed E-state index contributed by atoms with van der Waals surface area (Å²) in [6.07, 6.45) is 8.33. The molecule has 4 aromatic carbocycles. The Morgan fingerprint density at radius 3 is 2.56 bits per heavy atom. The normalized spacial score (nSPS) is 18.6. The number of nitrogens with zero attached hydrogens (tertiary/aromatic N) is 1. The number of rotatable bonds is 4. The van der Waals surface area contributed by atoms with E-state index in [0.29, 0.717) is 11.8 Å². The first-order valence-electron chi connectivity index (χ1n) is 13.0. The van der Waals surface area contributed by atoms with Gasteiger partial charge < -0.3 is 9.88 Å². The largest absolute Gasteiger partial charge is 0.355 e. The number of para-hydroxylation sites is 2. The molecule has 0 amide bonds. The van der Waals surface area contributed by atoms with Crippen LogP contribution < -0.4 is 4.90 Å². The summed E-state index contributed by atoms with van der Waals surface area (Å²) in [5, 5.41) is 2.57. The second kappa shape index (κ2) is 8.27. The zero-order valence-corrected chi connectivity index (χ0v) is 20.8. The van der Waals surface area contributed by atoms with E-state index in [1.165, 1.54) is 55.4 Å². The van der Waals surface area contributed by atoms with Crippen LogP contribution in [0, 0.1) is 5.92 Å². The van der Waals surface area contributed by atoms with E-state index in [9.17, 15) is 0 Å². The molecule has 2 aliphatic rings. The highest BCUT2D eigenvalue weighted by molar-refractivity contribution is 6.08. The first kappa shape index (κ1) is 21.3. The van der Waals surface area contributed by atoms with E-state index >= 15 is 0 Å². The van der Waals surface area contributed by atoms with Crippen LogP contribution in [0.1, 0.15) is 36.5 Å². The van der Waals surface area contributed by atoms with Gasteiger partial charge in [0.2, 0.25) is 0 Å². The maximum absolute atomic E-state index is 3.55. The third kappa shape index (κ3) is 3.40. The van der Waals surface area contributed by atoms with Gasteiger partial charge in [0.05, 0.1) is 6.04 Å². The zero-order valence-electron chi connectivity index (χ0n) is 20.8. The van der Waals surface area contributed by atoms with Gasteiger partial charge in [0.15, 0.2) is 0 Å². The van der Waals surface area contributed by atoms with Gasteiger partial charge in [0, 0.05) is 39.1 Å². The Kier molecular flexibility index (Phi) is 4.89. The van der Waals surface area contributed by atoms with E-state index in [1.807, 2.05) is 0 Å². The molecule has 0 saturated heterocycles. The standard InChI is InChI=1S/C34H30N2/c1-22(2)18-23-8-7-9-26(19-23)36-33-13-6-4-11-28(33)30-21-25(15-17-34(30)36)24-14-16-32-29(20-24)27-10-3-5-12-31(27)35-32/h3-17,19-22,30,34-35H,18H2,1-2H3. The molecule has 7 rings (SSSR count). The highest BCUT2D eigenvalue weighted by Gasteiger charge is 2.38. The van der Waals surface area contributed by atoms with Crippen molar-refractivity contribution >= 4 is 38.8 Å². The molecule has 2 nitrogen and oxygen atoms in total. The summed E-state index contributed by atoms with van der Waals surface area (Å²) in [6, 6.07) is 33.7. The summed E-state index contributed by atoms with van der Waals surface area (Å²) >= 11 is 0. The molecule has 1 aromatic heterocycles. The number of aromatic nitrogens is 1. The monoisotopic (exact) mass is 466 g/mol. The van der Waals surface area contributed by atoms with Crippen molar-refractivity contribution in [1.29, 1.82) is 0 Å². The predicted octanol–water partition coefficient (Wildman–Crippen LogP) is 8.78. The molecule has 1 aliphatic heterocycles. The lowest BCUT2D eigenvalue weighted by molar-refractivity contribution is 0.647. The SMILES string of the molecule is CC(C)Cc1cccc(N2c3ccccc3C3C=C(c4ccc5[nH]c6ccccc6c5c4)C=CC32)c1. The molecule has 0 radical (unpaired) electrons. The van der Waals surface area contributed by atoms with E-state index in [2.05, 4.69) is 133 Å². The summed E-state index contributed by atoms with van der Waals surface area (Å²) < 4.78 is 0.